The van der Waals surface area contributed by atoms with Gasteiger partial charge in [0, 0.05) is 38.9 Å². The zero-order valence-corrected chi connectivity index (χ0v) is 15.9. The van der Waals surface area contributed by atoms with Gasteiger partial charge < -0.3 is 24.8 Å². The zero-order valence-electron chi connectivity index (χ0n) is 15.9. The van der Waals surface area contributed by atoms with Crippen molar-refractivity contribution in [2.24, 2.45) is 10.4 Å². The first-order valence-electron chi connectivity index (χ1n) is 8.04. The van der Waals surface area contributed by atoms with E-state index < -0.39 is 0 Å². The molecule has 6 heteroatoms. The minimum atomic E-state index is 0.0554. The minimum absolute atomic E-state index is 0.0554. The molecule has 0 bridgehead atoms. The number of nitrogens with zero attached hydrogens (tertiary/aromatic N) is 1. The summed E-state index contributed by atoms with van der Waals surface area (Å²) in [6, 6.07) is 5.76. The molecule has 0 heterocycles. The molecule has 0 saturated carbocycles. The maximum atomic E-state index is 5.56. The number of guanidine groups is 1. The summed E-state index contributed by atoms with van der Waals surface area (Å²) in [4.78, 5) is 4.25. The van der Waals surface area contributed by atoms with Crippen LogP contribution in [0.3, 0.4) is 0 Å². The molecule has 0 aliphatic carbocycles. The Morgan fingerprint density at radius 1 is 1.12 bits per heavy atom. The molecular formula is C18H31N3O3. The Labute approximate surface area is 145 Å². The largest absolute Gasteiger partial charge is 0.497 e. The first-order valence-corrected chi connectivity index (χ1v) is 8.04. The van der Waals surface area contributed by atoms with Gasteiger partial charge in [-0.05, 0) is 17.5 Å². The summed E-state index contributed by atoms with van der Waals surface area (Å²) < 4.78 is 16.2. The number of hydrogen-bond donors (Lipinski definition) is 2. The van der Waals surface area contributed by atoms with Crippen LogP contribution in [0.5, 0.6) is 11.5 Å². The lowest BCUT2D eigenvalue weighted by Crippen LogP contribution is -2.45. The molecule has 0 saturated heterocycles. The average Bonchev–Trinajstić information content (AvgIpc) is 2.56. The fraction of sp³-hybridized carbons (Fsp3) is 0.611. The van der Waals surface area contributed by atoms with Crippen LogP contribution in [0, 0.1) is 5.41 Å². The van der Waals surface area contributed by atoms with E-state index in [0.29, 0.717) is 13.1 Å². The maximum Gasteiger partial charge on any atom is 0.191 e. The lowest BCUT2D eigenvalue weighted by atomic mass is 9.89. The molecule has 0 aromatic heterocycles. The number of hydrogen-bond acceptors (Lipinski definition) is 4. The molecule has 6 nitrogen and oxygen atoms in total. The van der Waals surface area contributed by atoms with Gasteiger partial charge in [0.15, 0.2) is 5.96 Å². The predicted molar refractivity (Wildman–Crippen MR) is 98.0 cm³/mol. The van der Waals surface area contributed by atoms with E-state index in [0.717, 1.165) is 23.0 Å². The topological polar surface area (TPSA) is 64.1 Å². The molecule has 1 rings (SSSR count). The molecule has 136 valence electrons. The lowest BCUT2D eigenvalue weighted by molar-refractivity contribution is 0.0205. The van der Waals surface area contributed by atoms with Crippen LogP contribution in [0.1, 0.15) is 26.3 Å². The summed E-state index contributed by atoms with van der Waals surface area (Å²) in [6.45, 7) is 7.74. The van der Waals surface area contributed by atoms with Crippen LogP contribution in [0.15, 0.2) is 23.2 Å². The highest BCUT2D eigenvalue weighted by Crippen LogP contribution is 2.24. The summed E-state index contributed by atoms with van der Waals surface area (Å²) in [5.74, 6) is 2.27. The van der Waals surface area contributed by atoms with Gasteiger partial charge in [0.1, 0.15) is 11.5 Å². The van der Waals surface area contributed by atoms with Gasteiger partial charge >= 0.3 is 0 Å². The molecule has 1 atom stereocenters. The Balaban J connectivity index is 2.64. The quantitative estimate of drug-likeness (QED) is 0.591. The van der Waals surface area contributed by atoms with Crippen molar-refractivity contribution >= 4 is 5.96 Å². The van der Waals surface area contributed by atoms with Gasteiger partial charge in [0.2, 0.25) is 0 Å². The van der Waals surface area contributed by atoms with Crippen molar-refractivity contribution in [3.63, 3.8) is 0 Å². The van der Waals surface area contributed by atoms with E-state index in [9.17, 15) is 0 Å². The van der Waals surface area contributed by atoms with Gasteiger partial charge in [-0.15, -0.1) is 0 Å². The van der Waals surface area contributed by atoms with Crippen molar-refractivity contribution in [2.75, 3.05) is 34.9 Å². The molecule has 0 fully saturated rings. The van der Waals surface area contributed by atoms with Crippen LogP contribution in [0.25, 0.3) is 0 Å². The van der Waals surface area contributed by atoms with E-state index in [1.807, 2.05) is 18.2 Å². The monoisotopic (exact) mass is 337 g/mol. The summed E-state index contributed by atoms with van der Waals surface area (Å²) in [5, 5.41) is 6.60. The molecule has 0 spiro atoms. The standard InChI is InChI=1S/C18H31N3O3/c1-18(2,3)16(24-7)12-21-17(19-4)20-11-13-8-9-14(22-5)10-15(13)23-6/h8-10,16H,11-12H2,1-7H3,(H2,19,20,21). The lowest BCUT2D eigenvalue weighted by Gasteiger charge is -2.30. The normalized spacial score (nSPS) is 13.4. The zero-order chi connectivity index (χ0) is 18.2. The third-order valence-corrected chi connectivity index (χ3v) is 3.87. The van der Waals surface area contributed by atoms with E-state index in [-0.39, 0.29) is 11.5 Å². The van der Waals surface area contributed by atoms with Crippen LogP contribution >= 0.6 is 0 Å². The highest BCUT2D eigenvalue weighted by molar-refractivity contribution is 5.79. The molecule has 2 N–H and O–H groups in total. The first-order chi connectivity index (χ1) is 11.3. The molecule has 0 radical (unpaired) electrons. The number of rotatable bonds is 7. The number of methoxy groups -OCH3 is 3. The number of nitrogens with one attached hydrogen (secondary N) is 2. The molecular weight excluding hydrogens is 306 g/mol. The van der Waals surface area contributed by atoms with E-state index in [4.69, 9.17) is 14.2 Å². The Hall–Kier alpha value is -1.95. The van der Waals surface area contributed by atoms with Gasteiger partial charge in [-0.25, -0.2) is 0 Å². The van der Waals surface area contributed by atoms with Crippen molar-refractivity contribution in [3.05, 3.63) is 23.8 Å². The Bertz CT molecular complexity index is 539. The number of aliphatic imine (C=N–C) groups is 1. The Morgan fingerprint density at radius 3 is 2.33 bits per heavy atom. The van der Waals surface area contributed by atoms with Crippen LogP contribution in [-0.4, -0.2) is 47.0 Å². The maximum absolute atomic E-state index is 5.56. The second-order valence-corrected chi connectivity index (χ2v) is 6.57. The van der Waals surface area contributed by atoms with E-state index in [1.54, 1.807) is 28.4 Å². The summed E-state index contributed by atoms with van der Waals surface area (Å²) in [5.41, 5.74) is 1.08. The second kappa shape index (κ2) is 9.37. The number of ether oxygens (including phenoxy) is 3. The van der Waals surface area contributed by atoms with E-state index in [2.05, 4.69) is 36.4 Å². The van der Waals surface area contributed by atoms with Crippen LogP contribution in [-0.2, 0) is 11.3 Å². The summed E-state index contributed by atoms with van der Waals surface area (Å²) in [6.07, 6.45) is 0.0894. The third kappa shape index (κ3) is 5.92. The molecule has 1 aromatic carbocycles. The molecule has 0 aliphatic rings. The highest BCUT2D eigenvalue weighted by Gasteiger charge is 2.24. The fourth-order valence-corrected chi connectivity index (χ4v) is 2.33. The number of benzene rings is 1. The Morgan fingerprint density at radius 2 is 1.83 bits per heavy atom. The third-order valence-electron chi connectivity index (χ3n) is 3.87. The highest BCUT2D eigenvalue weighted by atomic mass is 16.5. The molecule has 24 heavy (non-hydrogen) atoms. The summed E-state index contributed by atoms with van der Waals surface area (Å²) in [7, 11) is 6.77. The van der Waals surface area contributed by atoms with Gasteiger partial charge in [0.25, 0.3) is 0 Å². The molecule has 1 unspecified atom stereocenters. The second-order valence-electron chi connectivity index (χ2n) is 6.57. The van der Waals surface area contributed by atoms with Crippen molar-refractivity contribution in [1.29, 1.82) is 0 Å². The molecule has 0 aliphatic heterocycles. The average molecular weight is 337 g/mol. The van der Waals surface area contributed by atoms with Crippen molar-refractivity contribution in [1.82, 2.24) is 10.6 Å². The predicted octanol–water partition coefficient (Wildman–Crippen LogP) is 2.43. The van der Waals surface area contributed by atoms with E-state index >= 15 is 0 Å². The molecule has 1 aromatic rings. The van der Waals surface area contributed by atoms with Gasteiger partial charge in [-0.3, -0.25) is 4.99 Å². The Kier molecular flexibility index (Phi) is 7.85. The van der Waals surface area contributed by atoms with Crippen molar-refractivity contribution < 1.29 is 14.2 Å². The first kappa shape index (κ1) is 20.1. The SMILES string of the molecule is CN=C(NCc1ccc(OC)cc1OC)NCC(OC)C(C)(C)C. The molecule has 0 amide bonds. The van der Waals surface area contributed by atoms with Gasteiger partial charge in [-0.1, -0.05) is 20.8 Å². The van der Waals surface area contributed by atoms with Gasteiger partial charge in [-0.2, -0.15) is 0 Å². The summed E-state index contributed by atoms with van der Waals surface area (Å²) >= 11 is 0. The van der Waals surface area contributed by atoms with E-state index in [1.165, 1.54) is 0 Å². The van der Waals surface area contributed by atoms with Crippen LogP contribution in [0.4, 0.5) is 0 Å². The minimum Gasteiger partial charge on any atom is -0.497 e. The van der Waals surface area contributed by atoms with Crippen LogP contribution in [0.2, 0.25) is 0 Å². The van der Waals surface area contributed by atoms with Crippen molar-refractivity contribution in [2.45, 2.75) is 33.4 Å². The smallest absolute Gasteiger partial charge is 0.191 e. The fourth-order valence-electron chi connectivity index (χ4n) is 2.33. The van der Waals surface area contributed by atoms with Gasteiger partial charge in [0.05, 0.1) is 20.3 Å². The van der Waals surface area contributed by atoms with Crippen molar-refractivity contribution in [3.8, 4) is 11.5 Å². The van der Waals surface area contributed by atoms with Crippen LogP contribution < -0.4 is 20.1 Å².